The molecule has 1 saturated heterocycles. The number of sulfonamides is 1. The predicted octanol–water partition coefficient (Wildman–Crippen LogP) is 0.132. The van der Waals surface area contributed by atoms with E-state index < -0.39 is 15.9 Å². The number of nitrogens with two attached hydrogens (primary N) is 1. The highest BCUT2D eigenvalue weighted by atomic mass is 35.5. The summed E-state index contributed by atoms with van der Waals surface area (Å²) in [6, 6.07) is 6.20. The number of hydrogen-bond donors (Lipinski definition) is 1. The van der Waals surface area contributed by atoms with Gasteiger partial charge in [-0.25, -0.2) is 8.42 Å². The molecule has 1 amide bonds. The summed E-state index contributed by atoms with van der Waals surface area (Å²) >= 11 is 5.83. The van der Waals surface area contributed by atoms with Gasteiger partial charge >= 0.3 is 0 Å². The van der Waals surface area contributed by atoms with Crippen LogP contribution in [0.15, 0.2) is 29.2 Å². The van der Waals surface area contributed by atoms with Gasteiger partial charge < -0.3 is 5.73 Å². The average molecular weight is 318 g/mol. The number of benzene rings is 1. The van der Waals surface area contributed by atoms with Crippen LogP contribution < -0.4 is 5.73 Å². The van der Waals surface area contributed by atoms with Crippen molar-refractivity contribution < 1.29 is 13.2 Å². The average Bonchev–Trinajstić information content (AvgIpc) is 2.38. The molecule has 110 valence electrons. The van der Waals surface area contributed by atoms with Gasteiger partial charge in [0.2, 0.25) is 15.9 Å². The van der Waals surface area contributed by atoms with Gasteiger partial charge in [-0.2, -0.15) is 4.31 Å². The van der Waals surface area contributed by atoms with Crippen LogP contribution in [0.5, 0.6) is 0 Å². The monoisotopic (exact) mass is 317 g/mol. The highest BCUT2D eigenvalue weighted by Gasteiger charge is 2.28. The molecular weight excluding hydrogens is 302 g/mol. The first-order valence-electron chi connectivity index (χ1n) is 6.16. The van der Waals surface area contributed by atoms with E-state index in [0.29, 0.717) is 31.2 Å². The minimum atomic E-state index is -3.53. The van der Waals surface area contributed by atoms with Gasteiger partial charge in [0.05, 0.1) is 11.4 Å². The molecule has 1 aromatic rings. The van der Waals surface area contributed by atoms with Crippen molar-refractivity contribution >= 4 is 27.5 Å². The zero-order chi connectivity index (χ0) is 14.8. The Bertz CT molecular complexity index is 598. The molecular formula is C12H16ClN3O3S. The van der Waals surface area contributed by atoms with Crippen LogP contribution in [-0.4, -0.2) is 56.3 Å². The van der Waals surface area contributed by atoms with E-state index in [-0.39, 0.29) is 11.4 Å². The van der Waals surface area contributed by atoms with Crippen molar-refractivity contribution in [1.29, 1.82) is 0 Å². The third-order valence-corrected chi connectivity index (χ3v) is 5.27. The number of hydrogen-bond acceptors (Lipinski definition) is 4. The SMILES string of the molecule is NC(=O)CN1CCN(S(=O)(=O)c2cccc(Cl)c2)CC1. The Morgan fingerprint density at radius 3 is 2.45 bits per heavy atom. The number of carbonyl (C=O) groups excluding carboxylic acids is 1. The Morgan fingerprint density at radius 2 is 1.90 bits per heavy atom. The Kier molecular flexibility index (Phi) is 4.64. The molecule has 1 aliphatic rings. The third kappa shape index (κ3) is 3.49. The van der Waals surface area contributed by atoms with Crippen molar-refractivity contribution in [2.24, 2.45) is 5.73 Å². The molecule has 2 rings (SSSR count). The molecule has 1 fully saturated rings. The molecule has 0 aromatic heterocycles. The van der Waals surface area contributed by atoms with E-state index in [9.17, 15) is 13.2 Å². The first kappa shape index (κ1) is 15.2. The van der Waals surface area contributed by atoms with Gasteiger partial charge in [0.15, 0.2) is 0 Å². The van der Waals surface area contributed by atoms with Crippen molar-refractivity contribution in [2.75, 3.05) is 32.7 Å². The molecule has 0 unspecified atom stereocenters. The van der Waals surface area contributed by atoms with Crippen LogP contribution in [0.1, 0.15) is 0 Å². The molecule has 1 heterocycles. The summed E-state index contributed by atoms with van der Waals surface area (Å²) < 4.78 is 26.2. The molecule has 0 spiro atoms. The van der Waals surface area contributed by atoms with E-state index in [1.807, 2.05) is 4.90 Å². The minimum absolute atomic E-state index is 0.158. The number of rotatable bonds is 4. The van der Waals surface area contributed by atoms with E-state index in [4.69, 9.17) is 17.3 Å². The maximum absolute atomic E-state index is 12.4. The standard InChI is InChI=1S/C12H16ClN3O3S/c13-10-2-1-3-11(8-10)20(18,19)16-6-4-15(5-7-16)9-12(14)17/h1-3,8H,4-7,9H2,(H2,14,17). The second-order valence-electron chi connectivity index (χ2n) is 4.60. The van der Waals surface area contributed by atoms with Crippen LogP contribution in [0.3, 0.4) is 0 Å². The molecule has 2 N–H and O–H groups in total. The van der Waals surface area contributed by atoms with Gasteiger partial charge in [-0.15, -0.1) is 0 Å². The molecule has 8 heteroatoms. The summed E-state index contributed by atoms with van der Waals surface area (Å²) in [5, 5.41) is 0.387. The van der Waals surface area contributed by atoms with Gasteiger partial charge in [0.25, 0.3) is 0 Å². The lowest BCUT2D eigenvalue weighted by Gasteiger charge is -2.33. The van der Waals surface area contributed by atoms with Gasteiger partial charge in [-0.3, -0.25) is 9.69 Å². The summed E-state index contributed by atoms with van der Waals surface area (Å²) in [5.41, 5.74) is 5.12. The fraction of sp³-hybridized carbons (Fsp3) is 0.417. The van der Waals surface area contributed by atoms with E-state index >= 15 is 0 Å². The third-order valence-electron chi connectivity index (χ3n) is 3.14. The zero-order valence-corrected chi connectivity index (χ0v) is 12.4. The Hall–Kier alpha value is -1.15. The van der Waals surface area contributed by atoms with Crippen LogP contribution in [0, 0.1) is 0 Å². The summed E-state index contributed by atoms with van der Waals surface area (Å²) in [6.07, 6.45) is 0. The molecule has 20 heavy (non-hydrogen) atoms. The topological polar surface area (TPSA) is 83.7 Å². The van der Waals surface area contributed by atoms with Crippen LogP contribution in [0.25, 0.3) is 0 Å². The molecule has 0 bridgehead atoms. The first-order valence-corrected chi connectivity index (χ1v) is 7.98. The fourth-order valence-electron chi connectivity index (χ4n) is 2.12. The summed E-state index contributed by atoms with van der Waals surface area (Å²) in [4.78, 5) is 12.9. The summed E-state index contributed by atoms with van der Waals surface area (Å²) in [7, 11) is -3.53. The number of primary amides is 1. The Morgan fingerprint density at radius 1 is 1.25 bits per heavy atom. The molecule has 0 radical (unpaired) electrons. The molecule has 0 atom stereocenters. The largest absolute Gasteiger partial charge is 0.369 e. The van der Waals surface area contributed by atoms with Gasteiger partial charge in [0.1, 0.15) is 0 Å². The number of carbonyl (C=O) groups is 1. The van der Waals surface area contributed by atoms with Crippen LogP contribution in [0.2, 0.25) is 5.02 Å². The highest BCUT2D eigenvalue weighted by molar-refractivity contribution is 7.89. The van der Waals surface area contributed by atoms with Crippen molar-refractivity contribution in [1.82, 2.24) is 9.21 Å². The molecule has 1 aromatic carbocycles. The molecule has 0 saturated carbocycles. The minimum Gasteiger partial charge on any atom is -0.369 e. The summed E-state index contributed by atoms with van der Waals surface area (Å²) in [6.45, 7) is 1.81. The Balaban J connectivity index is 2.08. The van der Waals surface area contributed by atoms with Gasteiger partial charge in [-0.1, -0.05) is 17.7 Å². The van der Waals surface area contributed by atoms with E-state index in [1.54, 1.807) is 12.1 Å². The molecule has 6 nitrogen and oxygen atoms in total. The number of nitrogens with zero attached hydrogens (tertiary/aromatic N) is 2. The number of halogens is 1. The number of amides is 1. The van der Waals surface area contributed by atoms with Crippen molar-refractivity contribution in [2.45, 2.75) is 4.90 Å². The lowest BCUT2D eigenvalue weighted by Crippen LogP contribution is -2.50. The van der Waals surface area contributed by atoms with Crippen LogP contribution >= 0.6 is 11.6 Å². The maximum atomic E-state index is 12.4. The van der Waals surface area contributed by atoms with Crippen LogP contribution in [0.4, 0.5) is 0 Å². The second kappa shape index (κ2) is 6.09. The normalized spacial score (nSPS) is 18.1. The lowest BCUT2D eigenvalue weighted by atomic mass is 10.3. The Labute approximate surface area is 123 Å². The van der Waals surface area contributed by atoms with Gasteiger partial charge in [0, 0.05) is 31.2 Å². The second-order valence-corrected chi connectivity index (χ2v) is 6.98. The predicted molar refractivity (Wildman–Crippen MR) is 75.8 cm³/mol. The van der Waals surface area contributed by atoms with E-state index in [1.165, 1.54) is 16.4 Å². The van der Waals surface area contributed by atoms with E-state index in [2.05, 4.69) is 0 Å². The smallest absolute Gasteiger partial charge is 0.243 e. The highest BCUT2D eigenvalue weighted by Crippen LogP contribution is 2.20. The van der Waals surface area contributed by atoms with Crippen molar-refractivity contribution in [3.8, 4) is 0 Å². The maximum Gasteiger partial charge on any atom is 0.243 e. The molecule has 0 aliphatic carbocycles. The first-order chi connectivity index (χ1) is 9.39. The van der Waals surface area contributed by atoms with E-state index in [0.717, 1.165) is 0 Å². The quantitative estimate of drug-likeness (QED) is 0.855. The summed E-state index contributed by atoms with van der Waals surface area (Å²) in [5.74, 6) is -0.406. The zero-order valence-electron chi connectivity index (χ0n) is 10.8. The fourth-order valence-corrected chi connectivity index (χ4v) is 3.85. The molecule has 1 aliphatic heterocycles. The van der Waals surface area contributed by atoms with Crippen LogP contribution in [-0.2, 0) is 14.8 Å². The van der Waals surface area contributed by atoms with Gasteiger partial charge in [-0.05, 0) is 18.2 Å². The van der Waals surface area contributed by atoms with Crippen molar-refractivity contribution in [3.63, 3.8) is 0 Å². The number of piperazine rings is 1. The lowest BCUT2D eigenvalue weighted by molar-refractivity contribution is -0.119. The van der Waals surface area contributed by atoms with Crippen molar-refractivity contribution in [3.05, 3.63) is 29.3 Å².